The van der Waals surface area contributed by atoms with Gasteiger partial charge in [0.25, 0.3) is 0 Å². The fourth-order valence-electron chi connectivity index (χ4n) is 4.32. The summed E-state index contributed by atoms with van der Waals surface area (Å²) in [5, 5.41) is 4.77. The Morgan fingerprint density at radius 3 is 2.50 bits per heavy atom. The number of thiazole rings is 1. The molecule has 3 atom stereocenters. The van der Waals surface area contributed by atoms with Crippen molar-refractivity contribution in [3.05, 3.63) is 79.2 Å². The third-order valence-electron chi connectivity index (χ3n) is 5.89. The van der Waals surface area contributed by atoms with Crippen LogP contribution < -0.4 is 15.5 Å². The van der Waals surface area contributed by atoms with Crippen LogP contribution in [-0.4, -0.2) is 27.5 Å². The summed E-state index contributed by atoms with van der Waals surface area (Å²) < 4.78 is 40.2. The van der Waals surface area contributed by atoms with Gasteiger partial charge in [0.1, 0.15) is 11.8 Å². The fourth-order valence-corrected chi connectivity index (χ4v) is 7.19. The molecular formula is C23H15ClF3N3O4S2. The van der Waals surface area contributed by atoms with Crippen LogP contribution in [0.25, 0.3) is 0 Å². The van der Waals surface area contributed by atoms with E-state index in [1.165, 1.54) is 16.7 Å². The minimum atomic E-state index is -4.58. The minimum Gasteiger partial charge on any atom is -0.325 e. The van der Waals surface area contributed by atoms with E-state index in [1.807, 2.05) is 0 Å². The molecular weight excluding hydrogens is 539 g/mol. The predicted octanol–water partition coefficient (Wildman–Crippen LogP) is 4.10. The first-order valence-corrected chi connectivity index (χ1v) is 12.6. The molecule has 1 aromatic heterocycles. The van der Waals surface area contributed by atoms with Crippen LogP contribution >= 0.6 is 34.7 Å². The zero-order valence-electron chi connectivity index (χ0n) is 18.0. The summed E-state index contributed by atoms with van der Waals surface area (Å²) in [6.45, 7) is -0.478. The maximum Gasteiger partial charge on any atom is 0.416 e. The van der Waals surface area contributed by atoms with Gasteiger partial charge < -0.3 is 5.32 Å². The second kappa shape index (κ2) is 9.09. The Labute approximate surface area is 214 Å². The van der Waals surface area contributed by atoms with E-state index in [1.54, 1.807) is 24.3 Å². The lowest BCUT2D eigenvalue weighted by molar-refractivity contribution is -0.137. The molecule has 2 aromatic carbocycles. The van der Waals surface area contributed by atoms with Crippen LogP contribution in [0.5, 0.6) is 0 Å². The molecule has 186 valence electrons. The lowest BCUT2D eigenvalue weighted by atomic mass is 9.83. The summed E-state index contributed by atoms with van der Waals surface area (Å²) in [7, 11) is 0. The van der Waals surface area contributed by atoms with Crippen LogP contribution in [0.2, 0.25) is 5.02 Å². The number of halogens is 4. The third-order valence-corrected chi connectivity index (χ3v) is 8.76. The SMILES string of the molecule is O=C(Cn1c2c(sc1=O)[C@@H](c1ccc(Cl)cc1)[C@H]1C(=O)NC(=O)[C@H]1S2)Nc1cccc(C(F)(F)F)c1. The summed E-state index contributed by atoms with van der Waals surface area (Å²) in [5.74, 6) is -3.01. The van der Waals surface area contributed by atoms with E-state index in [0.29, 0.717) is 20.5 Å². The number of carbonyl (C=O) groups is 3. The average molecular weight is 554 g/mol. The number of carbonyl (C=O) groups excluding carboxylic acids is 3. The van der Waals surface area contributed by atoms with Crippen LogP contribution in [0.15, 0.2) is 58.4 Å². The summed E-state index contributed by atoms with van der Waals surface area (Å²) in [5.41, 5.74) is -0.309. The smallest absolute Gasteiger partial charge is 0.325 e. The Bertz CT molecular complexity index is 1450. The van der Waals surface area contributed by atoms with Crippen molar-refractivity contribution in [2.45, 2.75) is 28.9 Å². The van der Waals surface area contributed by atoms with Gasteiger partial charge in [0.15, 0.2) is 0 Å². The molecule has 3 heterocycles. The molecule has 0 saturated carbocycles. The molecule has 2 aliphatic rings. The number of nitrogens with zero attached hydrogens (tertiary/aromatic N) is 1. The molecule has 3 aromatic rings. The summed E-state index contributed by atoms with van der Waals surface area (Å²) in [6, 6.07) is 10.9. The number of fused-ring (bicyclic) bond motifs is 2. The Morgan fingerprint density at radius 1 is 1.08 bits per heavy atom. The minimum absolute atomic E-state index is 0.0699. The highest BCUT2D eigenvalue weighted by molar-refractivity contribution is 8.00. The van der Waals surface area contributed by atoms with Gasteiger partial charge in [0.05, 0.1) is 16.5 Å². The van der Waals surface area contributed by atoms with Crippen molar-refractivity contribution in [2.24, 2.45) is 5.92 Å². The molecule has 0 spiro atoms. The van der Waals surface area contributed by atoms with E-state index in [0.717, 1.165) is 35.2 Å². The third kappa shape index (κ3) is 4.44. The number of anilines is 1. The highest BCUT2D eigenvalue weighted by atomic mass is 35.5. The molecule has 0 unspecified atom stereocenters. The monoisotopic (exact) mass is 553 g/mol. The lowest BCUT2D eigenvalue weighted by Crippen LogP contribution is -2.32. The van der Waals surface area contributed by atoms with E-state index in [9.17, 15) is 32.3 Å². The molecule has 0 radical (unpaired) electrons. The predicted molar refractivity (Wildman–Crippen MR) is 128 cm³/mol. The van der Waals surface area contributed by atoms with E-state index >= 15 is 0 Å². The summed E-state index contributed by atoms with van der Waals surface area (Å²) in [6.07, 6.45) is -4.58. The van der Waals surface area contributed by atoms with Crippen molar-refractivity contribution in [3.63, 3.8) is 0 Å². The van der Waals surface area contributed by atoms with Crippen molar-refractivity contribution < 1.29 is 27.6 Å². The standard InChI is InChI=1S/C23H15ClF3N3O4S2/c24-12-6-4-10(5-7-12)15-16-17(20(33)29-19(16)32)35-21-18(15)36-22(34)30(21)9-14(31)28-13-3-1-2-11(8-13)23(25,26)27/h1-8,15-17H,9H2,(H,28,31)(H,29,32,33)/t15-,16+,17-/m0/s1. The van der Waals surface area contributed by atoms with Crippen molar-refractivity contribution in [3.8, 4) is 0 Å². The number of amides is 3. The largest absolute Gasteiger partial charge is 0.416 e. The van der Waals surface area contributed by atoms with E-state index in [-0.39, 0.29) is 5.69 Å². The van der Waals surface area contributed by atoms with Gasteiger partial charge in [-0.2, -0.15) is 13.2 Å². The number of benzene rings is 2. The molecule has 0 aliphatic carbocycles. The topological polar surface area (TPSA) is 97.3 Å². The maximum absolute atomic E-state index is 13.0. The van der Waals surface area contributed by atoms with E-state index in [4.69, 9.17) is 11.6 Å². The number of rotatable bonds is 4. The molecule has 1 fully saturated rings. The van der Waals surface area contributed by atoms with Gasteiger partial charge in [-0.05, 0) is 35.9 Å². The van der Waals surface area contributed by atoms with Crippen LogP contribution in [0.1, 0.15) is 21.9 Å². The number of hydrogen-bond donors (Lipinski definition) is 2. The van der Waals surface area contributed by atoms with E-state index in [2.05, 4.69) is 10.6 Å². The van der Waals surface area contributed by atoms with Gasteiger partial charge in [-0.25, -0.2) is 0 Å². The molecule has 5 rings (SSSR count). The molecule has 13 heteroatoms. The van der Waals surface area contributed by atoms with Gasteiger partial charge in [0, 0.05) is 21.5 Å². The molecule has 2 N–H and O–H groups in total. The number of imide groups is 1. The maximum atomic E-state index is 13.0. The van der Waals surface area contributed by atoms with E-state index < -0.39 is 58.0 Å². The Hall–Kier alpha value is -3.09. The molecule has 7 nitrogen and oxygen atoms in total. The molecule has 0 bridgehead atoms. The first-order chi connectivity index (χ1) is 17.0. The molecule has 36 heavy (non-hydrogen) atoms. The molecule has 2 aliphatic heterocycles. The number of alkyl halides is 3. The van der Waals surface area contributed by atoms with Crippen LogP contribution in [0.3, 0.4) is 0 Å². The fraction of sp³-hybridized carbons (Fsp3) is 0.217. The second-order valence-electron chi connectivity index (χ2n) is 8.20. The van der Waals surface area contributed by atoms with Gasteiger partial charge in [-0.15, -0.1) is 0 Å². The van der Waals surface area contributed by atoms with Crippen molar-refractivity contribution in [1.82, 2.24) is 9.88 Å². The van der Waals surface area contributed by atoms with Crippen molar-refractivity contribution >= 4 is 58.1 Å². The quantitative estimate of drug-likeness (QED) is 0.474. The highest BCUT2D eigenvalue weighted by Crippen LogP contribution is 2.51. The number of nitrogens with one attached hydrogen (secondary N) is 2. The summed E-state index contributed by atoms with van der Waals surface area (Å²) >= 11 is 7.90. The van der Waals surface area contributed by atoms with Crippen LogP contribution in [0, 0.1) is 5.92 Å². The Balaban J connectivity index is 1.49. The normalized spacial score (nSPS) is 21.1. The zero-order chi connectivity index (χ0) is 25.8. The van der Waals surface area contributed by atoms with Gasteiger partial charge in [0.2, 0.25) is 17.7 Å². The van der Waals surface area contributed by atoms with Gasteiger partial charge >= 0.3 is 11.0 Å². The molecule has 1 saturated heterocycles. The Kier molecular flexibility index (Phi) is 6.21. The first kappa shape index (κ1) is 24.6. The average Bonchev–Trinajstić information content (AvgIpc) is 3.27. The zero-order valence-corrected chi connectivity index (χ0v) is 20.4. The number of aromatic nitrogens is 1. The van der Waals surface area contributed by atoms with Gasteiger partial charge in [-0.1, -0.05) is 52.9 Å². The number of thioether (sulfide) groups is 1. The van der Waals surface area contributed by atoms with Crippen molar-refractivity contribution in [2.75, 3.05) is 5.32 Å². The summed E-state index contributed by atoms with van der Waals surface area (Å²) in [4.78, 5) is 50.9. The highest BCUT2D eigenvalue weighted by Gasteiger charge is 2.52. The molecule has 3 amide bonds. The second-order valence-corrected chi connectivity index (χ2v) is 10.8. The Morgan fingerprint density at radius 2 is 1.81 bits per heavy atom. The first-order valence-electron chi connectivity index (χ1n) is 10.5. The lowest BCUT2D eigenvalue weighted by Gasteiger charge is -2.30. The van der Waals surface area contributed by atoms with Gasteiger partial charge in [-0.3, -0.25) is 29.1 Å². The van der Waals surface area contributed by atoms with Crippen molar-refractivity contribution in [1.29, 1.82) is 0 Å². The van der Waals surface area contributed by atoms with Crippen LogP contribution in [-0.2, 0) is 27.1 Å². The van der Waals surface area contributed by atoms with Crippen LogP contribution in [0.4, 0.5) is 18.9 Å². The number of hydrogen-bond acceptors (Lipinski definition) is 6.